The van der Waals surface area contributed by atoms with Crippen LogP contribution in [0.3, 0.4) is 0 Å². The first kappa shape index (κ1) is 17.4. The summed E-state index contributed by atoms with van der Waals surface area (Å²) in [5.74, 6) is 1.53. The highest BCUT2D eigenvalue weighted by molar-refractivity contribution is 5.78. The quantitative estimate of drug-likeness (QED) is 0.879. The lowest BCUT2D eigenvalue weighted by molar-refractivity contribution is -0.123. The zero-order chi connectivity index (χ0) is 16.9. The highest BCUT2D eigenvalue weighted by Gasteiger charge is 2.26. The largest absolute Gasteiger partial charge is 0.352 e. The second-order valence-corrected chi connectivity index (χ2v) is 7.06. The van der Waals surface area contributed by atoms with E-state index in [0.717, 1.165) is 44.8 Å². The lowest BCUT2D eigenvalue weighted by atomic mass is 9.95. The molecule has 1 amide bonds. The van der Waals surface area contributed by atoms with Crippen LogP contribution in [0.2, 0.25) is 0 Å². The van der Waals surface area contributed by atoms with Crippen molar-refractivity contribution in [3.63, 3.8) is 0 Å². The zero-order valence-corrected chi connectivity index (χ0v) is 14.8. The van der Waals surface area contributed by atoms with Crippen LogP contribution in [0.15, 0.2) is 4.52 Å². The average Bonchev–Trinajstić information content (AvgIpc) is 3.02. The molecule has 1 aromatic rings. The van der Waals surface area contributed by atoms with Gasteiger partial charge >= 0.3 is 0 Å². The number of amides is 1. The zero-order valence-electron chi connectivity index (χ0n) is 14.8. The van der Waals surface area contributed by atoms with Gasteiger partial charge in [-0.1, -0.05) is 24.4 Å². The van der Waals surface area contributed by atoms with Crippen LogP contribution in [0.5, 0.6) is 0 Å². The molecule has 1 N–H and O–H groups in total. The van der Waals surface area contributed by atoms with Gasteiger partial charge in [0, 0.05) is 39.1 Å². The van der Waals surface area contributed by atoms with Crippen molar-refractivity contribution >= 4 is 5.91 Å². The Hall–Kier alpha value is -1.47. The maximum atomic E-state index is 12.2. The van der Waals surface area contributed by atoms with Crippen molar-refractivity contribution < 1.29 is 9.32 Å². The Morgan fingerprint density at radius 1 is 1.25 bits per heavy atom. The fourth-order valence-electron chi connectivity index (χ4n) is 3.68. The Bertz CT molecular complexity index is 533. The number of rotatable bonds is 5. The van der Waals surface area contributed by atoms with E-state index in [1.54, 1.807) is 0 Å². The molecule has 1 atom stereocenters. The van der Waals surface area contributed by atoms with E-state index in [1.807, 2.05) is 6.92 Å². The number of hydrogen-bond donors (Lipinski definition) is 1. The molecular formula is C17H29N5O2. The number of carbonyl (C=O) groups excluding carboxylic acids is 1. The molecule has 7 heteroatoms. The Labute approximate surface area is 143 Å². The highest BCUT2D eigenvalue weighted by Crippen LogP contribution is 2.19. The predicted octanol–water partition coefficient (Wildman–Crippen LogP) is 1.51. The smallest absolute Gasteiger partial charge is 0.234 e. The van der Waals surface area contributed by atoms with Crippen LogP contribution in [0.4, 0.5) is 0 Å². The molecule has 1 saturated heterocycles. The molecule has 3 rings (SSSR count). The fourth-order valence-corrected chi connectivity index (χ4v) is 3.68. The molecule has 1 aromatic heterocycles. The number of carbonyl (C=O) groups is 1. The summed E-state index contributed by atoms with van der Waals surface area (Å²) in [6.07, 6.45) is 6.09. The molecule has 1 saturated carbocycles. The first-order valence-electron chi connectivity index (χ1n) is 9.18. The molecule has 0 bridgehead atoms. The molecule has 0 aromatic carbocycles. The van der Waals surface area contributed by atoms with Gasteiger partial charge in [-0.15, -0.1) is 0 Å². The van der Waals surface area contributed by atoms with Crippen LogP contribution >= 0.6 is 0 Å². The van der Waals surface area contributed by atoms with E-state index in [1.165, 1.54) is 19.3 Å². The molecule has 2 fully saturated rings. The van der Waals surface area contributed by atoms with Crippen LogP contribution in [-0.4, -0.2) is 64.6 Å². The van der Waals surface area contributed by atoms with Gasteiger partial charge in [-0.05, 0) is 19.8 Å². The third-order valence-corrected chi connectivity index (χ3v) is 5.21. The molecule has 1 aliphatic carbocycles. The summed E-state index contributed by atoms with van der Waals surface area (Å²) in [5.41, 5.74) is 0. The molecule has 0 radical (unpaired) electrons. The van der Waals surface area contributed by atoms with Gasteiger partial charge in [-0.2, -0.15) is 4.98 Å². The number of aryl methyl sites for hydroxylation is 1. The first-order chi connectivity index (χ1) is 11.6. The first-order valence-corrected chi connectivity index (χ1v) is 9.18. The standard InChI is InChI=1S/C17H29N5O2/c1-13(17-18-14(2)24-20-17)22-10-8-21(9-11-22)12-16(23)19-15-6-4-3-5-7-15/h13,15H,3-12H2,1-2H3,(H,19,23). The molecule has 24 heavy (non-hydrogen) atoms. The van der Waals surface area contributed by atoms with Crippen molar-refractivity contribution in [3.05, 3.63) is 11.7 Å². The number of hydrogen-bond acceptors (Lipinski definition) is 6. The van der Waals surface area contributed by atoms with Gasteiger partial charge in [0.05, 0.1) is 12.6 Å². The van der Waals surface area contributed by atoms with Crippen molar-refractivity contribution in [2.24, 2.45) is 0 Å². The van der Waals surface area contributed by atoms with Gasteiger partial charge in [-0.25, -0.2) is 0 Å². The topological polar surface area (TPSA) is 74.5 Å². The normalized spacial score (nSPS) is 22.4. The van der Waals surface area contributed by atoms with Gasteiger partial charge in [0.1, 0.15) is 0 Å². The summed E-state index contributed by atoms with van der Waals surface area (Å²) in [7, 11) is 0. The molecule has 2 aliphatic rings. The molecule has 7 nitrogen and oxygen atoms in total. The molecule has 1 unspecified atom stereocenters. The van der Waals surface area contributed by atoms with Gasteiger partial charge < -0.3 is 9.84 Å². The summed E-state index contributed by atoms with van der Waals surface area (Å²) in [5, 5.41) is 7.22. The number of nitrogens with one attached hydrogen (secondary N) is 1. The molecule has 2 heterocycles. The minimum atomic E-state index is 0.153. The maximum Gasteiger partial charge on any atom is 0.234 e. The fraction of sp³-hybridized carbons (Fsp3) is 0.824. The van der Waals surface area contributed by atoms with E-state index in [0.29, 0.717) is 18.5 Å². The van der Waals surface area contributed by atoms with Crippen molar-refractivity contribution in [1.29, 1.82) is 0 Å². The second-order valence-electron chi connectivity index (χ2n) is 7.06. The van der Waals surface area contributed by atoms with Crippen LogP contribution < -0.4 is 5.32 Å². The number of aromatic nitrogens is 2. The number of piperazine rings is 1. The maximum absolute atomic E-state index is 12.2. The van der Waals surface area contributed by atoms with Crippen LogP contribution in [0.25, 0.3) is 0 Å². The van der Waals surface area contributed by atoms with Gasteiger partial charge in [0.25, 0.3) is 0 Å². The third-order valence-electron chi connectivity index (χ3n) is 5.21. The lowest BCUT2D eigenvalue weighted by Gasteiger charge is -2.36. The SMILES string of the molecule is Cc1nc(C(C)N2CCN(CC(=O)NC3CCCCC3)CC2)no1. The molecule has 134 valence electrons. The minimum absolute atomic E-state index is 0.153. The van der Waals surface area contributed by atoms with E-state index >= 15 is 0 Å². The van der Waals surface area contributed by atoms with Crippen LogP contribution in [0, 0.1) is 6.92 Å². The van der Waals surface area contributed by atoms with E-state index in [-0.39, 0.29) is 11.9 Å². The molecule has 1 aliphatic heterocycles. The third kappa shape index (κ3) is 4.54. The van der Waals surface area contributed by atoms with Crippen molar-refractivity contribution in [2.45, 2.75) is 58.0 Å². The summed E-state index contributed by atoms with van der Waals surface area (Å²) in [6, 6.07) is 0.551. The van der Waals surface area contributed by atoms with Crippen molar-refractivity contribution in [2.75, 3.05) is 32.7 Å². The van der Waals surface area contributed by atoms with E-state index in [9.17, 15) is 4.79 Å². The summed E-state index contributed by atoms with van der Waals surface area (Å²) in [4.78, 5) is 21.1. The Kier molecular flexibility index (Phi) is 5.84. The Balaban J connectivity index is 1.40. The van der Waals surface area contributed by atoms with E-state index in [2.05, 4.69) is 32.2 Å². The van der Waals surface area contributed by atoms with Gasteiger partial charge in [0.15, 0.2) is 5.82 Å². The van der Waals surface area contributed by atoms with E-state index < -0.39 is 0 Å². The monoisotopic (exact) mass is 335 g/mol. The van der Waals surface area contributed by atoms with Gasteiger partial charge in [-0.3, -0.25) is 14.6 Å². The molecule has 0 spiro atoms. The highest BCUT2D eigenvalue weighted by atomic mass is 16.5. The van der Waals surface area contributed by atoms with E-state index in [4.69, 9.17) is 4.52 Å². The van der Waals surface area contributed by atoms with Crippen molar-refractivity contribution in [1.82, 2.24) is 25.3 Å². The second kappa shape index (κ2) is 8.07. The number of nitrogens with zero attached hydrogens (tertiary/aromatic N) is 4. The molecular weight excluding hydrogens is 306 g/mol. The Morgan fingerprint density at radius 3 is 2.58 bits per heavy atom. The Morgan fingerprint density at radius 2 is 1.96 bits per heavy atom. The summed E-state index contributed by atoms with van der Waals surface area (Å²) < 4.78 is 5.07. The summed E-state index contributed by atoms with van der Waals surface area (Å²) >= 11 is 0. The van der Waals surface area contributed by atoms with Crippen LogP contribution in [0.1, 0.15) is 56.8 Å². The van der Waals surface area contributed by atoms with Crippen molar-refractivity contribution in [3.8, 4) is 0 Å². The summed E-state index contributed by atoms with van der Waals surface area (Å²) in [6.45, 7) is 8.08. The van der Waals surface area contributed by atoms with Gasteiger partial charge in [0.2, 0.25) is 11.8 Å². The minimum Gasteiger partial charge on any atom is -0.352 e. The van der Waals surface area contributed by atoms with Crippen LogP contribution in [-0.2, 0) is 4.79 Å². The average molecular weight is 335 g/mol. The predicted molar refractivity (Wildman–Crippen MR) is 90.5 cm³/mol. The lowest BCUT2D eigenvalue weighted by Crippen LogP contribution is -2.51.